The molecule has 88 valence electrons. The molecule has 3 nitrogen and oxygen atoms in total. The van der Waals surface area contributed by atoms with E-state index in [1.165, 1.54) is 0 Å². The lowest BCUT2D eigenvalue weighted by molar-refractivity contribution is 0.161. The molecule has 5 heteroatoms. The first-order chi connectivity index (χ1) is 8.24. The Morgan fingerprint density at radius 2 is 2.35 bits per heavy atom. The molecular formula is C12H11ClN2OS. The summed E-state index contributed by atoms with van der Waals surface area (Å²) in [6.45, 7) is 0. The molecule has 2 atom stereocenters. The van der Waals surface area contributed by atoms with Crippen molar-refractivity contribution in [3.8, 4) is 5.75 Å². The molecule has 0 aliphatic carbocycles. The van der Waals surface area contributed by atoms with Crippen molar-refractivity contribution in [3.05, 3.63) is 45.4 Å². The zero-order chi connectivity index (χ0) is 11.8. The van der Waals surface area contributed by atoms with Gasteiger partial charge in [0.25, 0.3) is 0 Å². The van der Waals surface area contributed by atoms with Gasteiger partial charge in [0.15, 0.2) is 6.10 Å². The van der Waals surface area contributed by atoms with Gasteiger partial charge in [-0.2, -0.15) is 0 Å². The maximum Gasteiger partial charge on any atom is 0.152 e. The Labute approximate surface area is 108 Å². The zero-order valence-corrected chi connectivity index (χ0v) is 10.5. The molecule has 1 unspecified atom stereocenters. The topological polar surface area (TPSA) is 48.1 Å². The van der Waals surface area contributed by atoms with Crippen LogP contribution in [0.4, 0.5) is 0 Å². The van der Waals surface area contributed by atoms with E-state index in [4.69, 9.17) is 22.1 Å². The fourth-order valence-electron chi connectivity index (χ4n) is 2.02. The third kappa shape index (κ3) is 2.04. The molecule has 1 aliphatic rings. The molecule has 2 heterocycles. The second-order valence-electron chi connectivity index (χ2n) is 4.00. The third-order valence-corrected chi connectivity index (χ3v) is 3.94. The number of hydrogen-bond donors (Lipinski definition) is 1. The van der Waals surface area contributed by atoms with Gasteiger partial charge in [0.1, 0.15) is 10.8 Å². The second-order valence-corrected chi connectivity index (χ2v) is 5.36. The van der Waals surface area contributed by atoms with Crippen LogP contribution in [-0.2, 0) is 0 Å². The molecule has 0 radical (unpaired) electrons. The van der Waals surface area contributed by atoms with Gasteiger partial charge in [-0.05, 0) is 18.2 Å². The Bertz CT molecular complexity index is 529. The summed E-state index contributed by atoms with van der Waals surface area (Å²) in [5.41, 5.74) is 7.13. The van der Waals surface area contributed by atoms with E-state index in [1.54, 1.807) is 17.5 Å². The maximum absolute atomic E-state index is 6.15. The first kappa shape index (κ1) is 11.0. The van der Waals surface area contributed by atoms with Crippen LogP contribution in [0.1, 0.15) is 29.1 Å². The van der Waals surface area contributed by atoms with Crippen LogP contribution in [0.15, 0.2) is 29.8 Å². The van der Waals surface area contributed by atoms with Crippen LogP contribution in [0.3, 0.4) is 0 Å². The summed E-state index contributed by atoms with van der Waals surface area (Å²) >= 11 is 7.55. The van der Waals surface area contributed by atoms with Crippen LogP contribution in [-0.4, -0.2) is 4.98 Å². The number of halogens is 1. The summed E-state index contributed by atoms with van der Waals surface area (Å²) in [7, 11) is 0. The van der Waals surface area contributed by atoms with E-state index in [-0.39, 0.29) is 12.1 Å². The smallest absolute Gasteiger partial charge is 0.152 e. The minimum Gasteiger partial charge on any atom is -0.483 e. The van der Waals surface area contributed by atoms with Gasteiger partial charge in [-0.15, -0.1) is 11.3 Å². The Morgan fingerprint density at radius 3 is 3.12 bits per heavy atom. The molecule has 0 fully saturated rings. The number of aromatic nitrogens is 1. The number of hydrogen-bond acceptors (Lipinski definition) is 4. The molecule has 0 bridgehead atoms. The van der Waals surface area contributed by atoms with E-state index < -0.39 is 0 Å². The zero-order valence-electron chi connectivity index (χ0n) is 8.97. The van der Waals surface area contributed by atoms with Crippen LogP contribution in [0, 0.1) is 0 Å². The molecule has 2 N–H and O–H groups in total. The number of fused-ring (bicyclic) bond motifs is 1. The summed E-state index contributed by atoms with van der Waals surface area (Å²) in [4.78, 5) is 4.28. The fraction of sp³-hybridized carbons (Fsp3) is 0.250. The molecule has 0 spiro atoms. The highest BCUT2D eigenvalue weighted by molar-refractivity contribution is 7.09. The largest absolute Gasteiger partial charge is 0.483 e. The Hall–Kier alpha value is -1.10. The average molecular weight is 267 g/mol. The lowest BCUT2D eigenvalue weighted by Gasteiger charge is -2.29. The highest BCUT2D eigenvalue weighted by Crippen LogP contribution is 2.40. The molecular weight excluding hydrogens is 256 g/mol. The van der Waals surface area contributed by atoms with Crippen molar-refractivity contribution in [1.82, 2.24) is 4.98 Å². The van der Waals surface area contributed by atoms with Crippen molar-refractivity contribution in [2.75, 3.05) is 0 Å². The molecule has 0 saturated carbocycles. The van der Waals surface area contributed by atoms with Crippen LogP contribution in [0.5, 0.6) is 5.75 Å². The average Bonchev–Trinajstić information content (AvgIpc) is 2.83. The van der Waals surface area contributed by atoms with Crippen LogP contribution in [0.25, 0.3) is 0 Å². The van der Waals surface area contributed by atoms with E-state index in [0.29, 0.717) is 5.02 Å². The number of thiazole rings is 1. The first-order valence-corrected chi connectivity index (χ1v) is 6.61. The molecule has 1 aromatic carbocycles. The number of nitrogens with two attached hydrogens (primary N) is 1. The van der Waals surface area contributed by atoms with Crippen molar-refractivity contribution in [2.24, 2.45) is 5.73 Å². The van der Waals surface area contributed by atoms with Crippen molar-refractivity contribution in [1.29, 1.82) is 0 Å². The SMILES string of the molecule is N[C@@H]1CC(c2nccs2)Oc2ccc(Cl)cc21. The van der Waals surface area contributed by atoms with Gasteiger partial charge in [-0.1, -0.05) is 11.6 Å². The van der Waals surface area contributed by atoms with Crippen LogP contribution in [0.2, 0.25) is 5.02 Å². The predicted molar refractivity (Wildman–Crippen MR) is 68.5 cm³/mol. The van der Waals surface area contributed by atoms with E-state index in [1.807, 2.05) is 23.6 Å². The van der Waals surface area contributed by atoms with Gasteiger partial charge in [0.2, 0.25) is 0 Å². The van der Waals surface area contributed by atoms with Crippen molar-refractivity contribution in [3.63, 3.8) is 0 Å². The molecule has 1 aromatic heterocycles. The molecule has 0 saturated heterocycles. The van der Waals surface area contributed by atoms with E-state index in [9.17, 15) is 0 Å². The molecule has 2 aromatic rings. The number of nitrogens with zero attached hydrogens (tertiary/aromatic N) is 1. The maximum atomic E-state index is 6.15. The predicted octanol–water partition coefficient (Wildman–Crippen LogP) is 3.32. The lowest BCUT2D eigenvalue weighted by Crippen LogP contribution is -2.24. The van der Waals surface area contributed by atoms with Gasteiger partial charge < -0.3 is 10.5 Å². The van der Waals surface area contributed by atoms with Gasteiger partial charge in [0.05, 0.1) is 0 Å². The summed E-state index contributed by atoms with van der Waals surface area (Å²) in [6, 6.07) is 5.51. The first-order valence-electron chi connectivity index (χ1n) is 5.35. The third-order valence-electron chi connectivity index (χ3n) is 2.84. The molecule has 3 rings (SSSR count). The molecule has 17 heavy (non-hydrogen) atoms. The summed E-state index contributed by atoms with van der Waals surface area (Å²) in [6.07, 6.45) is 2.48. The van der Waals surface area contributed by atoms with E-state index >= 15 is 0 Å². The van der Waals surface area contributed by atoms with Crippen LogP contribution >= 0.6 is 22.9 Å². The lowest BCUT2D eigenvalue weighted by atomic mass is 9.97. The van der Waals surface area contributed by atoms with E-state index in [2.05, 4.69) is 4.98 Å². The fourth-order valence-corrected chi connectivity index (χ4v) is 2.88. The standard InChI is InChI=1S/C12H11ClN2OS/c13-7-1-2-10-8(5-7)9(14)6-11(16-10)12-15-3-4-17-12/h1-5,9,11H,6,14H2/t9-,11?/m1/s1. The van der Waals surface area contributed by atoms with Crippen LogP contribution < -0.4 is 10.5 Å². The molecule has 0 amide bonds. The normalized spacial score (nSPS) is 22.9. The van der Waals surface area contributed by atoms with Gasteiger partial charge in [0, 0.05) is 34.6 Å². The van der Waals surface area contributed by atoms with E-state index in [0.717, 1.165) is 22.7 Å². The minimum absolute atomic E-state index is 0.0429. The Kier molecular flexibility index (Phi) is 2.78. The summed E-state index contributed by atoms with van der Waals surface area (Å²) in [5, 5.41) is 3.61. The minimum atomic E-state index is -0.0497. The highest BCUT2D eigenvalue weighted by atomic mass is 35.5. The van der Waals surface area contributed by atoms with Gasteiger partial charge in [-0.25, -0.2) is 4.98 Å². The van der Waals surface area contributed by atoms with Gasteiger partial charge in [-0.3, -0.25) is 0 Å². The van der Waals surface area contributed by atoms with Gasteiger partial charge >= 0.3 is 0 Å². The van der Waals surface area contributed by atoms with Crippen molar-refractivity contribution < 1.29 is 4.74 Å². The number of benzene rings is 1. The number of ether oxygens (including phenoxy) is 1. The quantitative estimate of drug-likeness (QED) is 0.861. The monoisotopic (exact) mass is 266 g/mol. The summed E-state index contributed by atoms with van der Waals surface area (Å²) in [5.74, 6) is 0.813. The Morgan fingerprint density at radius 1 is 1.47 bits per heavy atom. The number of rotatable bonds is 1. The molecule has 1 aliphatic heterocycles. The second kappa shape index (κ2) is 4.29. The summed E-state index contributed by atoms with van der Waals surface area (Å²) < 4.78 is 5.91. The Balaban J connectivity index is 1.96. The van der Waals surface area contributed by atoms with Crippen molar-refractivity contribution in [2.45, 2.75) is 18.6 Å². The highest BCUT2D eigenvalue weighted by Gasteiger charge is 2.28. The van der Waals surface area contributed by atoms with Crippen molar-refractivity contribution >= 4 is 22.9 Å².